The molecule has 1 aromatic carbocycles. The van der Waals surface area contributed by atoms with Gasteiger partial charge in [-0.2, -0.15) is 0 Å². The standard InChI is InChI=1S/C13H17NO5/c1-13(2,14(17)18)7-8-19-9-10-3-5-11(6-4-10)12(15)16/h3-6H,7-9H2,1-2H3,(H,15,16). The van der Waals surface area contributed by atoms with Gasteiger partial charge in [-0.1, -0.05) is 12.1 Å². The third-order valence-electron chi connectivity index (χ3n) is 2.82. The van der Waals surface area contributed by atoms with Crippen LogP contribution in [0.1, 0.15) is 36.2 Å². The Balaban J connectivity index is 2.38. The zero-order chi connectivity index (χ0) is 14.5. The van der Waals surface area contributed by atoms with Gasteiger partial charge in [-0.05, 0) is 17.7 Å². The maximum Gasteiger partial charge on any atom is 0.335 e. The molecule has 0 saturated carbocycles. The molecule has 0 heterocycles. The quantitative estimate of drug-likeness (QED) is 0.465. The van der Waals surface area contributed by atoms with E-state index in [4.69, 9.17) is 9.84 Å². The van der Waals surface area contributed by atoms with E-state index in [-0.39, 0.29) is 17.1 Å². The predicted octanol–water partition coefficient (Wildman–Crippen LogP) is 2.35. The number of aromatic carboxylic acids is 1. The number of hydrogen-bond acceptors (Lipinski definition) is 4. The van der Waals surface area contributed by atoms with Gasteiger partial charge >= 0.3 is 5.97 Å². The third kappa shape index (κ3) is 4.67. The van der Waals surface area contributed by atoms with E-state index in [1.54, 1.807) is 26.0 Å². The van der Waals surface area contributed by atoms with Gasteiger partial charge in [0.05, 0.1) is 18.8 Å². The van der Waals surface area contributed by atoms with E-state index in [0.29, 0.717) is 13.0 Å². The molecular formula is C13H17NO5. The zero-order valence-electron chi connectivity index (χ0n) is 11.0. The lowest BCUT2D eigenvalue weighted by Crippen LogP contribution is -2.32. The number of hydrogen-bond donors (Lipinski definition) is 1. The highest BCUT2D eigenvalue weighted by Gasteiger charge is 2.29. The molecular weight excluding hydrogens is 250 g/mol. The lowest BCUT2D eigenvalue weighted by atomic mass is 10.0. The molecule has 0 fully saturated rings. The van der Waals surface area contributed by atoms with Crippen molar-refractivity contribution in [1.82, 2.24) is 0 Å². The molecule has 1 aromatic rings. The SMILES string of the molecule is CC(C)(CCOCc1ccc(C(=O)O)cc1)[N+](=O)[O-]. The van der Waals surface area contributed by atoms with Gasteiger partial charge in [0.15, 0.2) is 0 Å². The number of ether oxygens (including phenoxy) is 1. The van der Waals surface area contributed by atoms with E-state index < -0.39 is 11.5 Å². The number of carbonyl (C=O) groups is 1. The first-order valence-corrected chi connectivity index (χ1v) is 5.87. The molecule has 0 atom stereocenters. The Kier molecular flexibility index (Phi) is 5.00. The molecule has 0 saturated heterocycles. The van der Waals surface area contributed by atoms with Crippen molar-refractivity contribution in [3.05, 3.63) is 45.5 Å². The molecule has 1 N–H and O–H groups in total. The minimum Gasteiger partial charge on any atom is -0.478 e. The monoisotopic (exact) mass is 267 g/mol. The molecule has 0 aliphatic carbocycles. The molecule has 0 aliphatic rings. The van der Waals surface area contributed by atoms with Crippen LogP contribution < -0.4 is 0 Å². The molecule has 0 amide bonds. The van der Waals surface area contributed by atoms with Crippen LogP contribution in [0.2, 0.25) is 0 Å². The minimum atomic E-state index is -0.993. The highest BCUT2D eigenvalue weighted by molar-refractivity contribution is 5.87. The second kappa shape index (κ2) is 6.29. The van der Waals surface area contributed by atoms with Gasteiger partial charge in [-0.3, -0.25) is 10.1 Å². The number of nitrogens with zero attached hydrogens (tertiary/aromatic N) is 1. The summed E-state index contributed by atoms with van der Waals surface area (Å²) in [5, 5.41) is 19.4. The van der Waals surface area contributed by atoms with Gasteiger partial charge in [0.1, 0.15) is 0 Å². The maximum absolute atomic E-state index is 10.7. The van der Waals surface area contributed by atoms with Gasteiger partial charge in [-0.15, -0.1) is 0 Å². The normalized spacial score (nSPS) is 11.3. The van der Waals surface area contributed by atoms with Crippen molar-refractivity contribution in [3.8, 4) is 0 Å². The van der Waals surface area contributed by atoms with Gasteiger partial charge in [0.25, 0.3) is 0 Å². The fourth-order valence-corrected chi connectivity index (χ4v) is 1.35. The smallest absolute Gasteiger partial charge is 0.335 e. The first-order chi connectivity index (χ1) is 8.83. The van der Waals surface area contributed by atoms with E-state index in [0.717, 1.165) is 5.56 Å². The van der Waals surface area contributed by atoms with Gasteiger partial charge in [0.2, 0.25) is 5.54 Å². The second-order valence-corrected chi connectivity index (χ2v) is 4.87. The van der Waals surface area contributed by atoms with Crippen molar-refractivity contribution in [2.75, 3.05) is 6.61 Å². The summed E-state index contributed by atoms with van der Waals surface area (Å²) in [6.45, 7) is 3.71. The van der Waals surface area contributed by atoms with E-state index in [2.05, 4.69) is 0 Å². The van der Waals surface area contributed by atoms with Crippen LogP contribution in [0.5, 0.6) is 0 Å². The van der Waals surface area contributed by atoms with E-state index >= 15 is 0 Å². The van der Waals surface area contributed by atoms with E-state index in [9.17, 15) is 14.9 Å². The molecule has 104 valence electrons. The predicted molar refractivity (Wildman–Crippen MR) is 68.7 cm³/mol. The highest BCUT2D eigenvalue weighted by atomic mass is 16.6. The van der Waals surface area contributed by atoms with Crippen molar-refractivity contribution in [2.24, 2.45) is 0 Å². The fourth-order valence-electron chi connectivity index (χ4n) is 1.35. The molecule has 0 aromatic heterocycles. The van der Waals surface area contributed by atoms with Crippen LogP contribution in [-0.2, 0) is 11.3 Å². The van der Waals surface area contributed by atoms with Crippen molar-refractivity contribution < 1.29 is 19.6 Å². The lowest BCUT2D eigenvalue weighted by Gasteiger charge is -2.15. The summed E-state index contributed by atoms with van der Waals surface area (Å²) >= 11 is 0. The Hall–Kier alpha value is -1.95. The summed E-state index contributed by atoms with van der Waals surface area (Å²) in [4.78, 5) is 21.0. The summed E-state index contributed by atoms with van der Waals surface area (Å²) in [5.74, 6) is -0.972. The van der Waals surface area contributed by atoms with Crippen molar-refractivity contribution in [2.45, 2.75) is 32.4 Å². The zero-order valence-corrected chi connectivity index (χ0v) is 11.0. The van der Waals surface area contributed by atoms with Crippen LogP contribution >= 0.6 is 0 Å². The Morgan fingerprint density at radius 2 is 1.95 bits per heavy atom. The molecule has 19 heavy (non-hydrogen) atoms. The summed E-state index contributed by atoms with van der Waals surface area (Å²) in [6.07, 6.45) is 0.327. The molecule has 0 spiro atoms. The Morgan fingerprint density at radius 1 is 1.37 bits per heavy atom. The average molecular weight is 267 g/mol. The second-order valence-electron chi connectivity index (χ2n) is 4.87. The molecule has 1 rings (SSSR count). The van der Waals surface area contributed by atoms with Gasteiger partial charge in [0, 0.05) is 25.2 Å². The van der Waals surface area contributed by atoms with Gasteiger partial charge in [-0.25, -0.2) is 4.79 Å². The maximum atomic E-state index is 10.7. The Morgan fingerprint density at radius 3 is 2.42 bits per heavy atom. The largest absolute Gasteiger partial charge is 0.478 e. The summed E-state index contributed by atoms with van der Waals surface area (Å²) in [6, 6.07) is 6.34. The molecule has 6 nitrogen and oxygen atoms in total. The summed E-state index contributed by atoms with van der Waals surface area (Å²) in [7, 11) is 0. The highest BCUT2D eigenvalue weighted by Crippen LogP contribution is 2.13. The van der Waals surface area contributed by atoms with Crippen LogP contribution in [0.15, 0.2) is 24.3 Å². The first-order valence-electron chi connectivity index (χ1n) is 5.87. The summed E-state index contributed by atoms with van der Waals surface area (Å²) in [5.41, 5.74) is 0.0646. The third-order valence-corrected chi connectivity index (χ3v) is 2.82. The minimum absolute atomic E-state index is 0.221. The molecule has 0 radical (unpaired) electrons. The van der Waals surface area contributed by atoms with Crippen molar-refractivity contribution in [1.29, 1.82) is 0 Å². The van der Waals surface area contributed by atoms with Crippen LogP contribution in [0, 0.1) is 10.1 Å². The van der Waals surface area contributed by atoms with Crippen LogP contribution in [0.25, 0.3) is 0 Å². The van der Waals surface area contributed by atoms with E-state index in [1.165, 1.54) is 12.1 Å². The number of rotatable bonds is 7. The van der Waals surface area contributed by atoms with Crippen molar-refractivity contribution >= 4 is 5.97 Å². The number of carboxylic acid groups (broad SMARTS) is 1. The number of nitro groups is 1. The lowest BCUT2D eigenvalue weighted by molar-refractivity contribution is -0.562. The molecule has 0 bridgehead atoms. The van der Waals surface area contributed by atoms with Crippen LogP contribution in [-0.4, -0.2) is 28.1 Å². The van der Waals surface area contributed by atoms with Crippen LogP contribution in [0.3, 0.4) is 0 Å². The van der Waals surface area contributed by atoms with Crippen molar-refractivity contribution in [3.63, 3.8) is 0 Å². The van der Waals surface area contributed by atoms with Gasteiger partial charge < -0.3 is 9.84 Å². The fraction of sp³-hybridized carbons (Fsp3) is 0.462. The molecule has 0 aliphatic heterocycles. The molecule has 6 heteroatoms. The Labute approximate surface area is 111 Å². The number of benzene rings is 1. The topological polar surface area (TPSA) is 89.7 Å². The van der Waals surface area contributed by atoms with Crippen LogP contribution in [0.4, 0.5) is 0 Å². The van der Waals surface area contributed by atoms with E-state index in [1.807, 2.05) is 0 Å². The first kappa shape index (κ1) is 15.1. The Bertz CT molecular complexity index is 453. The molecule has 0 unspecified atom stereocenters. The average Bonchev–Trinajstić information content (AvgIpc) is 2.35. The number of carboxylic acids is 1. The summed E-state index contributed by atoms with van der Waals surface area (Å²) < 4.78 is 5.35.